The maximum atomic E-state index is 13.0. The van der Waals surface area contributed by atoms with Crippen LogP contribution in [0.15, 0.2) is 35.7 Å². The van der Waals surface area contributed by atoms with Crippen LogP contribution in [0, 0.1) is 0 Å². The van der Waals surface area contributed by atoms with E-state index in [9.17, 15) is 13.2 Å². The van der Waals surface area contributed by atoms with E-state index in [2.05, 4.69) is 10.2 Å². The van der Waals surface area contributed by atoms with Crippen molar-refractivity contribution in [2.24, 2.45) is 0 Å². The lowest BCUT2D eigenvalue weighted by Crippen LogP contribution is -2.45. The Bertz CT molecular complexity index is 667. The molecule has 1 atom stereocenters. The molecule has 7 heteroatoms. The Hall–Kier alpha value is -1.57. The second-order valence-electron chi connectivity index (χ2n) is 5.66. The van der Waals surface area contributed by atoms with Gasteiger partial charge in [0.05, 0.1) is 18.7 Å². The number of hydrogen-bond donors (Lipinski definition) is 1. The highest BCUT2D eigenvalue weighted by molar-refractivity contribution is 7.10. The van der Waals surface area contributed by atoms with Crippen LogP contribution in [0.4, 0.5) is 13.2 Å². The first-order chi connectivity index (χ1) is 11.5. The van der Waals surface area contributed by atoms with Gasteiger partial charge in [0.2, 0.25) is 0 Å². The summed E-state index contributed by atoms with van der Waals surface area (Å²) in [5, 5.41) is 5.29. The van der Waals surface area contributed by atoms with Gasteiger partial charge >= 0.3 is 6.18 Å². The maximum absolute atomic E-state index is 13.0. The van der Waals surface area contributed by atoms with Crippen molar-refractivity contribution in [1.29, 1.82) is 0 Å². The van der Waals surface area contributed by atoms with Crippen molar-refractivity contribution in [3.63, 3.8) is 0 Å². The molecule has 0 amide bonds. The monoisotopic (exact) mass is 356 g/mol. The largest absolute Gasteiger partial charge is 0.496 e. The average molecular weight is 356 g/mol. The number of nitrogens with zero attached hydrogens (tertiary/aromatic N) is 1. The summed E-state index contributed by atoms with van der Waals surface area (Å²) in [6.45, 7) is 3.41. The molecule has 1 aromatic carbocycles. The topological polar surface area (TPSA) is 24.5 Å². The zero-order valence-electron chi connectivity index (χ0n) is 13.3. The van der Waals surface area contributed by atoms with Crippen LogP contribution in [0.1, 0.15) is 22.0 Å². The van der Waals surface area contributed by atoms with E-state index in [4.69, 9.17) is 4.74 Å². The van der Waals surface area contributed by atoms with Gasteiger partial charge in [0.15, 0.2) is 0 Å². The highest BCUT2D eigenvalue weighted by Gasteiger charge is 2.33. The van der Waals surface area contributed by atoms with E-state index in [0.29, 0.717) is 0 Å². The first-order valence-electron chi connectivity index (χ1n) is 7.74. The van der Waals surface area contributed by atoms with E-state index < -0.39 is 11.7 Å². The molecule has 0 saturated carbocycles. The Morgan fingerprint density at radius 2 is 1.96 bits per heavy atom. The summed E-state index contributed by atoms with van der Waals surface area (Å²) in [4.78, 5) is 3.39. The molecular weight excluding hydrogens is 337 g/mol. The molecule has 0 bridgehead atoms. The van der Waals surface area contributed by atoms with Gasteiger partial charge in [-0.25, -0.2) is 0 Å². The fourth-order valence-electron chi connectivity index (χ4n) is 3.03. The van der Waals surface area contributed by atoms with E-state index in [1.807, 2.05) is 17.5 Å². The van der Waals surface area contributed by atoms with Gasteiger partial charge in [-0.05, 0) is 23.6 Å². The Morgan fingerprint density at radius 3 is 2.54 bits per heavy atom. The quantitative estimate of drug-likeness (QED) is 0.903. The minimum Gasteiger partial charge on any atom is -0.496 e. The molecule has 1 aliphatic heterocycles. The molecule has 0 spiro atoms. The Kier molecular flexibility index (Phi) is 5.12. The van der Waals surface area contributed by atoms with Crippen LogP contribution in [0.5, 0.6) is 5.75 Å². The molecule has 0 unspecified atom stereocenters. The van der Waals surface area contributed by atoms with Gasteiger partial charge in [-0.15, -0.1) is 11.3 Å². The Labute approximate surface area is 143 Å². The normalized spacial score (nSPS) is 17.7. The number of ether oxygens (including phenoxy) is 1. The summed E-state index contributed by atoms with van der Waals surface area (Å²) < 4.78 is 44.3. The van der Waals surface area contributed by atoms with E-state index in [-0.39, 0.29) is 11.8 Å². The van der Waals surface area contributed by atoms with Gasteiger partial charge in [-0.3, -0.25) is 4.90 Å². The standard InChI is InChI=1S/C17H19F3N2OS/c1-23-14-11-12(17(18,19)20)4-5-13(14)16(15-3-2-10-24-15)22-8-6-21-7-9-22/h2-5,10-11,16,21H,6-9H2,1H3/t16-/m1/s1. The zero-order chi connectivity index (χ0) is 17.2. The van der Waals surface area contributed by atoms with Crippen LogP contribution in [0.25, 0.3) is 0 Å². The summed E-state index contributed by atoms with van der Waals surface area (Å²) >= 11 is 1.61. The van der Waals surface area contributed by atoms with E-state index >= 15 is 0 Å². The van der Waals surface area contributed by atoms with Crippen molar-refractivity contribution in [3.8, 4) is 5.75 Å². The Morgan fingerprint density at radius 1 is 1.21 bits per heavy atom. The zero-order valence-corrected chi connectivity index (χ0v) is 14.1. The van der Waals surface area contributed by atoms with Crippen LogP contribution in [0.2, 0.25) is 0 Å². The third-order valence-electron chi connectivity index (χ3n) is 4.18. The van der Waals surface area contributed by atoms with Crippen molar-refractivity contribution in [1.82, 2.24) is 10.2 Å². The van der Waals surface area contributed by atoms with Crippen LogP contribution >= 0.6 is 11.3 Å². The second kappa shape index (κ2) is 7.13. The minimum atomic E-state index is -4.38. The third-order valence-corrected chi connectivity index (χ3v) is 5.11. The van der Waals surface area contributed by atoms with Gasteiger partial charge in [0.25, 0.3) is 0 Å². The number of nitrogens with one attached hydrogen (secondary N) is 1. The first kappa shape index (κ1) is 17.3. The lowest BCUT2D eigenvalue weighted by molar-refractivity contribution is -0.137. The van der Waals surface area contributed by atoms with Gasteiger partial charge in [0, 0.05) is 36.6 Å². The number of thiophene rings is 1. The van der Waals surface area contributed by atoms with Gasteiger partial charge in [0.1, 0.15) is 5.75 Å². The van der Waals surface area contributed by atoms with Crippen molar-refractivity contribution in [2.75, 3.05) is 33.3 Å². The number of halogens is 3. The van der Waals surface area contributed by atoms with Gasteiger partial charge in [-0.1, -0.05) is 12.1 Å². The van der Waals surface area contributed by atoms with Crippen LogP contribution in [0.3, 0.4) is 0 Å². The molecule has 1 aliphatic rings. The number of alkyl halides is 3. The molecule has 0 aliphatic carbocycles. The molecule has 2 aromatic rings. The molecule has 1 N–H and O–H groups in total. The molecule has 130 valence electrons. The van der Waals surface area contributed by atoms with E-state index in [1.165, 1.54) is 7.11 Å². The number of benzene rings is 1. The molecule has 1 aromatic heterocycles. The van der Waals surface area contributed by atoms with Crippen molar-refractivity contribution >= 4 is 11.3 Å². The van der Waals surface area contributed by atoms with E-state index in [0.717, 1.165) is 48.8 Å². The SMILES string of the molecule is COc1cc(C(F)(F)F)ccc1[C@H](c1cccs1)N1CCNCC1. The molecule has 1 fully saturated rings. The van der Waals surface area contributed by atoms with Crippen LogP contribution in [-0.4, -0.2) is 38.2 Å². The lowest BCUT2D eigenvalue weighted by atomic mass is 9.99. The fraction of sp³-hybridized carbons (Fsp3) is 0.412. The molecular formula is C17H19F3N2OS. The van der Waals surface area contributed by atoms with Crippen molar-refractivity contribution < 1.29 is 17.9 Å². The fourth-order valence-corrected chi connectivity index (χ4v) is 3.91. The Balaban J connectivity index is 2.04. The van der Waals surface area contributed by atoms with Crippen LogP contribution in [-0.2, 0) is 6.18 Å². The molecule has 24 heavy (non-hydrogen) atoms. The highest BCUT2D eigenvalue weighted by Crippen LogP contribution is 2.40. The number of rotatable bonds is 4. The van der Waals surface area contributed by atoms with Gasteiger partial charge in [-0.2, -0.15) is 13.2 Å². The third kappa shape index (κ3) is 3.58. The molecule has 3 nitrogen and oxygen atoms in total. The van der Waals surface area contributed by atoms with Gasteiger partial charge < -0.3 is 10.1 Å². The van der Waals surface area contributed by atoms with Crippen LogP contribution < -0.4 is 10.1 Å². The molecule has 2 heterocycles. The predicted octanol–water partition coefficient (Wildman–Crippen LogP) is 3.77. The molecule has 3 rings (SSSR count). The summed E-state index contributed by atoms with van der Waals surface area (Å²) in [5.74, 6) is 0.279. The minimum absolute atomic E-state index is 0.0932. The van der Waals surface area contributed by atoms with Crippen molar-refractivity contribution in [3.05, 3.63) is 51.7 Å². The molecule has 0 radical (unpaired) electrons. The smallest absolute Gasteiger partial charge is 0.416 e. The predicted molar refractivity (Wildman–Crippen MR) is 88.6 cm³/mol. The summed E-state index contributed by atoms with van der Waals surface area (Å²) in [7, 11) is 1.42. The summed E-state index contributed by atoms with van der Waals surface area (Å²) in [6, 6.07) is 7.68. The maximum Gasteiger partial charge on any atom is 0.416 e. The molecule has 1 saturated heterocycles. The number of piperazine rings is 1. The second-order valence-corrected chi connectivity index (χ2v) is 6.64. The summed E-state index contributed by atoms with van der Waals surface area (Å²) in [5.41, 5.74) is 0.0863. The highest BCUT2D eigenvalue weighted by atomic mass is 32.1. The average Bonchev–Trinajstić information content (AvgIpc) is 3.09. The summed E-state index contributed by atoms with van der Waals surface area (Å²) in [6.07, 6.45) is -4.38. The lowest BCUT2D eigenvalue weighted by Gasteiger charge is -2.35. The number of hydrogen-bond acceptors (Lipinski definition) is 4. The van der Waals surface area contributed by atoms with E-state index in [1.54, 1.807) is 17.4 Å². The van der Waals surface area contributed by atoms with Crippen molar-refractivity contribution in [2.45, 2.75) is 12.2 Å². The number of methoxy groups -OCH3 is 1. The first-order valence-corrected chi connectivity index (χ1v) is 8.62.